The number of aryl methyl sites for hydroxylation is 1. The van der Waals surface area contributed by atoms with Crippen LogP contribution in [0.2, 0.25) is 0 Å². The van der Waals surface area contributed by atoms with Gasteiger partial charge in [0.05, 0.1) is 18.8 Å². The molecule has 0 spiro atoms. The number of imidazole rings is 1. The smallest absolute Gasteiger partial charge is 0.225 e. The molecule has 0 bridgehead atoms. The predicted molar refractivity (Wildman–Crippen MR) is 93.6 cm³/mol. The Morgan fingerprint density at radius 2 is 1.93 bits per heavy atom. The maximum Gasteiger partial charge on any atom is 0.225 e. The van der Waals surface area contributed by atoms with E-state index >= 15 is 0 Å². The molecule has 0 amide bonds. The molecular weight excluding hydrogens is 380 g/mol. The van der Waals surface area contributed by atoms with Gasteiger partial charge in [-0.25, -0.2) is 27.5 Å². The number of nitrogens with zero attached hydrogens (tertiary/aromatic N) is 4. The molecular formula is C17H16F4N6O. The van der Waals surface area contributed by atoms with Crippen molar-refractivity contribution in [3.63, 3.8) is 0 Å². The first-order valence-corrected chi connectivity index (χ1v) is 8.52. The van der Waals surface area contributed by atoms with Crippen molar-refractivity contribution in [2.24, 2.45) is 7.05 Å². The van der Waals surface area contributed by atoms with Crippen LogP contribution >= 0.6 is 0 Å². The Hall–Kier alpha value is -2.95. The van der Waals surface area contributed by atoms with Gasteiger partial charge in [0, 0.05) is 25.8 Å². The van der Waals surface area contributed by atoms with Crippen molar-refractivity contribution in [3.8, 4) is 0 Å². The van der Waals surface area contributed by atoms with Crippen LogP contribution in [-0.4, -0.2) is 44.9 Å². The van der Waals surface area contributed by atoms with Crippen LogP contribution in [0.4, 0.5) is 35.1 Å². The molecule has 148 valence electrons. The molecule has 2 aromatic heterocycles. The van der Waals surface area contributed by atoms with E-state index in [1.165, 1.54) is 10.8 Å². The zero-order valence-corrected chi connectivity index (χ0v) is 14.7. The lowest BCUT2D eigenvalue weighted by Crippen LogP contribution is -2.39. The molecule has 2 N–H and O–H groups in total. The van der Waals surface area contributed by atoms with Crippen molar-refractivity contribution >= 4 is 28.7 Å². The van der Waals surface area contributed by atoms with E-state index in [0.29, 0.717) is 36.3 Å². The normalized spacial score (nSPS) is 19.8. The first-order chi connectivity index (χ1) is 13.4. The van der Waals surface area contributed by atoms with Gasteiger partial charge in [0.25, 0.3) is 0 Å². The lowest BCUT2D eigenvalue weighted by molar-refractivity contribution is 0.0284. The molecule has 0 radical (unpaired) electrons. The second-order valence-electron chi connectivity index (χ2n) is 6.40. The summed E-state index contributed by atoms with van der Waals surface area (Å²) in [6.07, 6.45) is 0.713. The zero-order valence-electron chi connectivity index (χ0n) is 14.7. The third kappa shape index (κ3) is 3.44. The van der Waals surface area contributed by atoms with E-state index in [-0.39, 0.29) is 18.5 Å². The molecule has 11 heteroatoms. The highest BCUT2D eigenvalue weighted by atomic mass is 19.1. The highest BCUT2D eigenvalue weighted by Gasteiger charge is 2.26. The molecule has 0 aliphatic carbocycles. The minimum absolute atomic E-state index is 0.00842. The Labute approximate surface area is 156 Å². The van der Waals surface area contributed by atoms with Gasteiger partial charge in [-0.15, -0.1) is 0 Å². The van der Waals surface area contributed by atoms with E-state index in [2.05, 4.69) is 25.6 Å². The second-order valence-corrected chi connectivity index (χ2v) is 6.40. The summed E-state index contributed by atoms with van der Waals surface area (Å²) in [6, 6.07) is 0.661. The molecule has 1 fully saturated rings. The summed E-state index contributed by atoms with van der Waals surface area (Å²) in [7, 11) is 1.58. The molecule has 1 aromatic carbocycles. The number of hydrogen-bond acceptors (Lipinski definition) is 6. The van der Waals surface area contributed by atoms with Gasteiger partial charge in [0.1, 0.15) is 23.2 Å². The Bertz CT molecular complexity index is 1000. The van der Waals surface area contributed by atoms with E-state index in [4.69, 9.17) is 4.74 Å². The topological polar surface area (TPSA) is 76.9 Å². The van der Waals surface area contributed by atoms with Crippen LogP contribution in [-0.2, 0) is 11.8 Å². The van der Waals surface area contributed by atoms with Crippen molar-refractivity contribution in [2.75, 3.05) is 23.8 Å². The average molecular weight is 396 g/mol. The van der Waals surface area contributed by atoms with Crippen molar-refractivity contribution in [1.29, 1.82) is 0 Å². The van der Waals surface area contributed by atoms with Gasteiger partial charge in [0.15, 0.2) is 17.3 Å². The van der Waals surface area contributed by atoms with E-state index in [9.17, 15) is 17.6 Å². The summed E-state index contributed by atoms with van der Waals surface area (Å²) >= 11 is 0. The summed E-state index contributed by atoms with van der Waals surface area (Å²) < 4.78 is 61.3. The lowest BCUT2D eigenvalue weighted by atomic mass is 10.1. The molecule has 1 saturated heterocycles. The fourth-order valence-electron chi connectivity index (χ4n) is 2.97. The number of aromatic nitrogens is 4. The van der Waals surface area contributed by atoms with Gasteiger partial charge in [-0.1, -0.05) is 0 Å². The van der Waals surface area contributed by atoms with Crippen LogP contribution < -0.4 is 10.6 Å². The van der Waals surface area contributed by atoms with Crippen molar-refractivity contribution < 1.29 is 22.3 Å². The minimum atomic E-state index is -1.18. The number of rotatable bonds is 4. The SMILES string of the molecule is Cn1c(Nc2c(F)cc(F)cc2F)nc2cnc(N[C@H]3CCOC[C@@H]3F)nc21. The Morgan fingerprint density at radius 1 is 1.18 bits per heavy atom. The standard InChI is InChI=1S/C17H16F4N6O/c1-27-15-13(6-22-16(26-15)23-12-2-3-28-7-11(12)21)24-17(27)25-14-9(19)4-8(18)5-10(14)20/h4-6,11-12H,2-3,7H2,1H3,(H,24,25)(H,22,23,26)/t11-,12-/m0/s1. The summed E-state index contributed by atoms with van der Waals surface area (Å²) in [5, 5.41) is 5.44. The first-order valence-electron chi connectivity index (χ1n) is 8.52. The van der Waals surface area contributed by atoms with Crippen LogP contribution in [0.3, 0.4) is 0 Å². The van der Waals surface area contributed by atoms with E-state index in [1.807, 2.05) is 0 Å². The molecule has 0 saturated carbocycles. The van der Waals surface area contributed by atoms with Crippen LogP contribution in [0.25, 0.3) is 11.2 Å². The van der Waals surface area contributed by atoms with Gasteiger partial charge in [-0.2, -0.15) is 4.98 Å². The number of ether oxygens (including phenoxy) is 1. The zero-order chi connectivity index (χ0) is 19.8. The molecule has 4 rings (SSSR count). The molecule has 1 aliphatic heterocycles. The first kappa shape index (κ1) is 18.4. The Balaban J connectivity index is 1.62. The molecule has 3 aromatic rings. The number of hydrogen-bond donors (Lipinski definition) is 2. The molecule has 2 atom stereocenters. The highest BCUT2D eigenvalue weighted by molar-refractivity contribution is 5.76. The van der Waals surface area contributed by atoms with Gasteiger partial charge >= 0.3 is 0 Å². The van der Waals surface area contributed by atoms with Gasteiger partial charge in [0.2, 0.25) is 11.9 Å². The third-order valence-electron chi connectivity index (χ3n) is 4.46. The third-order valence-corrected chi connectivity index (χ3v) is 4.46. The molecule has 3 heterocycles. The van der Waals surface area contributed by atoms with Crippen LogP contribution in [0, 0.1) is 17.5 Å². The summed E-state index contributed by atoms with van der Waals surface area (Å²) in [5.41, 5.74) is 0.196. The Kier molecular flexibility index (Phi) is 4.75. The monoisotopic (exact) mass is 396 g/mol. The van der Waals surface area contributed by atoms with Crippen LogP contribution in [0.1, 0.15) is 6.42 Å². The number of fused-ring (bicyclic) bond motifs is 1. The molecule has 1 aliphatic rings. The largest absolute Gasteiger partial charge is 0.378 e. The number of benzene rings is 1. The quantitative estimate of drug-likeness (QED) is 0.660. The van der Waals surface area contributed by atoms with Gasteiger partial charge in [-0.3, -0.25) is 4.57 Å². The molecule has 28 heavy (non-hydrogen) atoms. The van der Waals surface area contributed by atoms with Gasteiger partial charge in [-0.05, 0) is 6.42 Å². The maximum atomic E-state index is 13.9. The number of nitrogens with one attached hydrogen (secondary N) is 2. The van der Waals surface area contributed by atoms with E-state index < -0.39 is 35.4 Å². The van der Waals surface area contributed by atoms with E-state index in [0.717, 1.165) is 0 Å². The number of anilines is 3. The van der Waals surface area contributed by atoms with Crippen LogP contribution in [0.15, 0.2) is 18.3 Å². The van der Waals surface area contributed by atoms with Crippen molar-refractivity contribution in [2.45, 2.75) is 18.6 Å². The average Bonchev–Trinajstić information content (AvgIpc) is 2.96. The fraction of sp³-hybridized carbons (Fsp3) is 0.353. The summed E-state index contributed by atoms with van der Waals surface area (Å²) in [5.74, 6) is -2.92. The van der Waals surface area contributed by atoms with Gasteiger partial charge < -0.3 is 15.4 Å². The fourth-order valence-corrected chi connectivity index (χ4v) is 2.97. The molecule has 7 nitrogen and oxygen atoms in total. The predicted octanol–water partition coefficient (Wildman–Crippen LogP) is 3.06. The minimum Gasteiger partial charge on any atom is -0.378 e. The summed E-state index contributed by atoms with van der Waals surface area (Å²) in [6.45, 7) is 0.448. The van der Waals surface area contributed by atoms with Crippen molar-refractivity contribution in [1.82, 2.24) is 19.5 Å². The van der Waals surface area contributed by atoms with Crippen LogP contribution in [0.5, 0.6) is 0 Å². The lowest BCUT2D eigenvalue weighted by Gasteiger charge is -2.26. The van der Waals surface area contributed by atoms with Crippen molar-refractivity contribution in [3.05, 3.63) is 35.8 Å². The van der Waals surface area contributed by atoms with E-state index in [1.54, 1.807) is 7.05 Å². The Morgan fingerprint density at radius 3 is 2.64 bits per heavy atom. The molecule has 0 unspecified atom stereocenters. The highest BCUT2D eigenvalue weighted by Crippen LogP contribution is 2.26. The summed E-state index contributed by atoms with van der Waals surface area (Å²) in [4.78, 5) is 12.6. The maximum absolute atomic E-state index is 13.9. The number of halogens is 4. The second kappa shape index (κ2) is 7.23. The number of alkyl halides is 1.